The van der Waals surface area contributed by atoms with Crippen molar-refractivity contribution in [1.82, 2.24) is 10.5 Å². The number of amides is 1. The molecule has 5 rings (SSSR count). The van der Waals surface area contributed by atoms with E-state index in [0.29, 0.717) is 52.1 Å². The molecule has 7 nitrogen and oxygen atoms in total. The predicted octanol–water partition coefficient (Wildman–Crippen LogP) is 7.28. The first kappa shape index (κ1) is 26.8. The van der Waals surface area contributed by atoms with Gasteiger partial charge in [0.2, 0.25) is 0 Å². The van der Waals surface area contributed by atoms with Crippen LogP contribution in [0.25, 0.3) is 22.5 Å². The van der Waals surface area contributed by atoms with E-state index < -0.39 is 0 Å². The van der Waals surface area contributed by atoms with Crippen LogP contribution >= 0.6 is 11.6 Å². The minimum atomic E-state index is -0.388. The van der Waals surface area contributed by atoms with Gasteiger partial charge in [0.15, 0.2) is 11.5 Å². The van der Waals surface area contributed by atoms with E-state index in [0.717, 1.165) is 11.1 Å². The lowest BCUT2D eigenvalue weighted by Crippen LogP contribution is -2.23. The van der Waals surface area contributed by atoms with Crippen LogP contribution in [0.3, 0.4) is 0 Å². The standard InChI is InChI=1S/C32H27ClN2O5/c1-2-34-32(37)30-29(23-13-15-24(36)16-14-23)31(40-35-30)25-17-26(33)28(39-20-22-11-7-4-8-12-22)18-27(25)38-19-21-9-5-3-6-10-21/h3-18,36H,2,19-20H2,1H3,(H,34,37). The van der Waals surface area contributed by atoms with Crippen LogP contribution < -0.4 is 14.8 Å². The highest BCUT2D eigenvalue weighted by atomic mass is 35.5. The molecule has 1 aromatic heterocycles. The number of benzene rings is 4. The van der Waals surface area contributed by atoms with Crippen molar-refractivity contribution in [2.45, 2.75) is 20.1 Å². The third kappa shape index (κ3) is 6.11. The average Bonchev–Trinajstić information content (AvgIpc) is 3.42. The SMILES string of the molecule is CCNC(=O)c1noc(-c2cc(Cl)c(OCc3ccccc3)cc2OCc2ccccc2)c1-c1ccc(O)cc1. The Morgan fingerprint density at radius 3 is 2.08 bits per heavy atom. The van der Waals surface area contributed by atoms with Crippen molar-refractivity contribution >= 4 is 17.5 Å². The molecule has 0 spiro atoms. The number of phenolic OH excluding ortho intramolecular Hbond substituents is 1. The molecule has 5 aromatic rings. The van der Waals surface area contributed by atoms with Gasteiger partial charge in [0.25, 0.3) is 5.91 Å². The normalized spacial score (nSPS) is 10.8. The minimum absolute atomic E-state index is 0.0937. The van der Waals surface area contributed by atoms with Gasteiger partial charge in [-0.15, -0.1) is 0 Å². The Morgan fingerprint density at radius 1 is 0.875 bits per heavy atom. The molecule has 0 aliphatic heterocycles. The smallest absolute Gasteiger partial charge is 0.274 e. The zero-order valence-electron chi connectivity index (χ0n) is 21.8. The number of rotatable bonds is 10. The summed E-state index contributed by atoms with van der Waals surface area (Å²) in [6, 6.07) is 29.4. The van der Waals surface area contributed by atoms with E-state index in [1.807, 2.05) is 67.6 Å². The van der Waals surface area contributed by atoms with Gasteiger partial charge in [-0.25, -0.2) is 0 Å². The van der Waals surface area contributed by atoms with Gasteiger partial charge in [-0.1, -0.05) is 89.6 Å². The summed E-state index contributed by atoms with van der Waals surface area (Å²) in [4.78, 5) is 12.9. The maximum atomic E-state index is 12.9. The Morgan fingerprint density at radius 2 is 1.48 bits per heavy atom. The van der Waals surface area contributed by atoms with Crippen LogP contribution in [-0.2, 0) is 13.2 Å². The van der Waals surface area contributed by atoms with Crippen molar-refractivity contribution in [2.24, 2.45) is 0 Å². The fourth-order valence-electron chi connectivity index (χ4n) is 4.18. The summed E-state index contributed by atoms with van der Waals surface area (Å²) >= 11 is 6.72. The van der Waals surface area contributed by atoms with Crippen molar-refractivity contribution in [3.63, 3.8) is 0 Å². The molecule has 2 N–H and O–H groups in total. The molecule has 8 heteroatoms. The van der Waals surface area contributed by atoms with Gasteiger partial charge in [-0.3, -0.25) is 4.79 Å². The number of nitrogens with one attached hydrogen (secondary N) is 1. The summed E-state index contributed by atoms with van der Waals surface area (Å²) in [5.41, 5.74) is 3.64. The van der Waals surface area contributed by atoms with Gasteiger partial charge in [0, 0.05) is 12.6 Å². The van der Waals surface area contributed by atoms with Crippen LogP contribution in [0.5, 0.6) is 17.2 Å². The van der Waals surface area contributed by atoms with Gasteiger partial charge in [-0.05, 0) is 41.8 Å². The molecular weight excluding hydrogens is 528 g/mol. The number of carbonyl (C=O) groups is 1. The van der Waals surface area contributed by atoms with E-state index in [4.69, 9.17) is 25.6 Å². The van der Waals surface area contributed by atoms with E-state index in [2.05, 4.69) is 10.5 Å². The third-order valence-corrected chi connectivity index (χ3v) is 6.45. The Labute approximate surface area is 236 Å². The lowest BCUT2D eigenvalue weighted by Gasteiger charge is -2.15. The highest BCUT2D eigenvalue weighted by Crippen LogP contribution is 2.44. The van der Waals surface area contributed by atoms with E-state index in [9.17, 15) is 9.90 Å². The largest absolute Gasteiger partial charge is 0.508 e. The van der Waals surface area contributed by atoms with Gasteiger partial charge in [0.05, 0.1) is 16.1 Å². The molecular formula is C32H27ClN2O5. The molecule has 0 atom stereocenters. The summed E-state index contributed by atoms with van der Waals surface area (Å²) in [7, 11) is 0. The molecule has 0 saturated heterocycles. The van der Waals surface area contributed by atoms with Gasteiger partial charge < -0.3 is 24.4 Å². The van der Waals surface area contributed by atoms with Crippen molar-refractivity contribution in [3.8, 4) is 39.7 Å². The number of hydrogen-bond acceptors (Lipinski definition) is 6. The first-order valence-corrected chi connectivity index (χ1v) is 13.2. The number of halogens is 1. The second-order valence-corrected chi connectivity index (χ2v) is 9.38. The molecule has 0 radical (unpaired) electrons. The predicted molar refractivity (Wildman–Crippen MR) is 154 cm³/mol. The van der Waals surface area contributed by atoms with E-state index in [1.54, 1.807) is 24.3 Å². The summed E-state index contributed by atoms with van der Waals surface area (Å²) < 4.78 is 18.1. The molecule has 0 aliphatic carbocycles. The molecule has 0 unspecified atom stereocenters. The molecule has 0 aliphatic rings. The fraction of sp³-hybridized carbons (Fsp3) is 0.125. The van der Waals surface area contributed by atoms with Crippen molar-refractivity contribution in [1.29, 1.82) is 0 Å². The molecule has 0 fully saturated rings. The molecule has 40 heavy (non-hydrogen) atoms. The number of phenols is 1. The fourth-order valence-corrected chi connectivity index (χ4v) is 4.40. The van der Waals surface area contributed by atoms with E-state index in [1.165, 1.54) is 12.1 Å². The summed E-state index contributed by atoms with van der Waals surface area (Å²) in [5, 5.41) is 17.1. The highest BCUT2D eigenvalue weighted by Gasteiger charge is 2.27. The van der Waals surface area contributed by atoms with E-state index in [-0.39, 0.29) is 24.0 Å². The Hall–Kier alpha value is -4.75. The number of nitrogens with zero attached hydrogens (tertiary/aromatic N) is 1. The van der Waals surface area contributed by atoms with Crippen LogP contribution in [0.4, 0.5) is 0 Å². The summed E-state index contributed by atoms with van der Waals surface area (Å²) in [6.07, 6.45) is 0. The number of aromatic hydroxyl groups is 1. The molecule has 4 aromatic carbocycles. The van der Waals surface area contributed by atoms with Gasteiger partial charge in [-0.2, -0.15) is 0 Å². The second-order valence-electron chi connectivity index (χ2n) is 8.97. The lowest BCUT2D eigenvalue weighted by atomic mass is 9.98. The third-order valence-electron chi connectivity index (χ3n) is 6.15. The van der Waals surface area contributed by atoms with Crippen LogP contribution in [0, 0.1) is 0 Å². The van der Waals surface area contributed by atoms with Gasteiger partial charge >= 0.3 is 0 Å². The lowest BCUT2D eigenvalue weighted by molar-refractivity contribution is 0.0947. The first-order chi connectivity index (χ1) is 19.5. The van der Waals surface area contributed by atoms with E-state index >= 15 is 0 Å². The number of ether oxygens (including phenoxy) is 2. The van der Waals surface area contributed by atoms with Crippen LogP contribution in [0.2, 0.25) is 5.02 Å². The monoisotopic (exact) mass is 554 g/mol. The highest BCUT2D eigenvalue weighted by molar-refractivity contribution is 6.32. The van der Waals surface area contributed by atoms with Crippen LogP contribution in [-0.4, -0.2) is 22.7 Å². The Bertz CT molecular complexity index is 1590. The average molecular weight is 555 g/mol. The molecule has 0 saturated carbocycles. The summed E-state index contributed by atoms with van der Waals surface area (Å²) in [6.45, 7) is 2.84. The molecule has 0 bridgehead atoms. The van der Waals surface area contributed by atoms with Crippen molar-refractivity contribution in [3.05, 3.63) is 119 Å². The quantitative estimate of drug-likeness (QED) is 0.188. The topological polar surface area (TPSA) is 93.8 Å². The number of hydrogen-bond donors (Lipinski definition) is 2. The second kappa shape index (κ2) is 12.4. The maximum absolute atomic E-state index is 12.9. The minimum Gasteiger partial charge on any atom is -0.508 e. The molecule has 202 valence electrons. The van der Waals surface area contributed by atoms with Crippen molar-refractivity contribution < 1.29 is 23.9 Å². The van der Waals surface area contributed by atoms with Crippen LogP contribution in [0.1, 0.15) is 28.5 Å². The Kier molecular flexibility index (Phi) is 8.32. The number of carbonyl (C=O) groups excluding carboxylic acids is 1. The van der Waals surface area contributed by atoms with Gasteiger partial charge in [0.1, 0.15) is 30.5 Å². The first-order valence-electron chi connectivity index (χ1n) is 12.8. The molecule has 1 amide bonds. The van der Waals surface area contributed by atoms with Crippen LogP contribution in [0.15, 0.2) is 102 Å². The number of aromatic nitrogens is 1. The van der Waals surface area contributed by atoms with Crippen molar-refractivity contribution in [2.75, 3.05) is 6.54 Å². The summed E-state index contributed by atoms with van der Waals surface area (Å²) in [5.74, 6) is 0.880. The molecule has 1 heterocycles. The zero-order valence-corrected chi connectivity index (χ0v) is 22.5. The Balaban J connectivity index is 1.60. The zero-order chi connectivity index (χ0) is 27.9. The maximum Gasteiger partial charge on any atom is 0.274 e.